The van der Waals surface area contributed by atoms with Gasteiger partial charge >= 0.3 is 0 Å². The third-order valence-corrected chi connectivity index (χ3v) is 2.76. The number of aromatic nitrogens is 1. The first-order chi connectivity index (χ1) is 7.31. The number of hydrogen-bond acceptors (Lipinski definition) is 3. The van der Waals surface area contributed by atoms with Gasteiger partial charge in [-0.05, 0) is 44.7 Å². The van der Waals surface area contributed by atoms with E-state index in [9.17, 15) is 0 Å². The van der Waals surface area contributed by atoms with Crippen molar-refractivity contribution in [1.29, 1.82) is 0 Å². The van der Waals surface area contributed by atoms with E-state index in [1.807, 2.05) is 19.1 Å². The molecule has 82 valence electrons. The Hall–Kier alpha value is -1.25. The maximum absolute atomic E-state index is 5.51. The number of rotatable bonds is 5. The molecule has 0 spiro atoms. The summed E-state index contributed by atoms with van der Waals surface area (Å²) < 4.78 is 5.51. The summed E-state index contributed by atoms with van der Waals surface area (Å²) in [5.41, 5.74) is 0. The molecule has 1 aliphatic carbocycles. The maximum atomic E-state index is 5.51. The molecule has 0 saturated heterocycles. The Kier molecular flexibility index (Phi) is 3.09. The van der Waals surface area contributed by atoms with Crippen molar-refractivity contribution in [3.05, 3.63) is 18.3 Å². The van der Waals surface area contributed by atoms with Crippen LogP contribution in [0, 0.1) is 5.92 Å². The molecule has 0 radical (unpaired) electrons. The van der Waals surface area contributed by atoms with Crippen molar-refractivity contribution < 1.29 is 4.74 Å². The van der Waals surface area contributed by atoms with E-state index in [1.165, 1.54) is 12.8 Å². The first-order valence-corrected chi connectivity index (χ1v) is 5.65. The van der Waals surface area contributed by atoms with E-state index in [-0.39, 0.29) is 0 Å². The van der Waals surface area contributed by atoms with Gasteiger partial charge in [0.15, 0.2) is 11.6 Å². The van der Waals surface area contributed by atoms with E-state index in [4.69, 9.17) is 4.74 Å². The van der Waals surface area contributed by atoms with Crippen LogP contribution in [0.3, 0.4) is 0 Å². The summed E-state index contributed by atoms with van der Waals surface area (Å²) in [5.74, 6) is 2.55. The number of hydrogen-bond donors (Lipinski definition) is 1. The highest BCUT2D eigenvalue weighted by Crippen LogP contribution is 2.34. The summed E-state index contributed by atoms with van der Waals surface area (Å²) in [5, 5.41) is 3.42. The van der Waals surface area contributed by atoms with Gasteiger partial charge in [-0.2, -0.15) is 0 Å². The summed E-state index contributed by atoms with van der Waals surface area (Å²) in [4.78, 5) is 4.31. The van der Waals surface area contributed by atoms with Crippen LogP contribution in [0.2, 0.25) is 0 Å². The fourth-order valence-corrected chi connectivity index (χ4v) is 1.70. The highest BCUT2D eigenvalue weighted by Gasteiger charge is 2.28. The molecule has 0 amide bonds. The van der Waals surface area contributed by atoms with Crippen molar-refractivity contribution >= 4 is 5.82 Å². The van der Waals surface area contributed by atoms with Gasteiger partial charge in [0.05, 0.1) is 6.61 Å². The summed E-state index contributed by atoms with van der Waals surface area (Å²) in [6.07, 6.45) is 4.47. The van der Waals surface area contributed by atoms with Gasteiger partial charge in [-0.1, -0.05) is 0 Å². The van der Waals surface area contributed by atoms with Crippen molar-refractivity contribution in [1.82, 2.24) is 4.98 Å². The number of anilines is 1. The van der Waals surface area contributed by atoms with Crippen LogP contribution in [0.4, 0.5) is 5.82 Å². The zero-order valence-corrected chi connectivity index (χ0v) is 9.36. The fraction of sp³-hybridized carbons (Fsp3) is 0.583. The fourth-order valence-electron chi connectivity index (χ4n) is 1.70. The Morgan fingerprint density at radius 3 is 3.07 bits per heavy atom. The minimum atomic E-state index is 0.499. The normalized spacial score (nSPS) is 17.2. The van der Waals surface area contributed by atoms with Gasteiger partial charge in [0.25, 0.3) is 0 Å². The average Bonchev–Trinajstić information content (AvgIpc) is 3.04. The quantitative estimate of drug-likeness (QED) is 0.804. The second-order valence-corrected chi connectivity index (χ2v) is 4.05. The van der Waals surface area contributed by atoms with E-state index >= 15 is 0 Å². The van der Waals surface area contributed by atoms with Gasteiger partial charge in [-0.3, -0.25) is 0 Å². The maximum Gasteiger partial charge on any atom is 0.168 e. The zero-order chi connectivity index (χ0) is 10.7. The third kappa shape index (κ3) is 2.61. The molecule has 0 aromatic carbocycles. The van der Waals surface area contributed by atoms with Crippen LogP contribution in [0.5, 0.6) is 5.75 Å². The zero-order valence-electron chi connectivity index (χ0n) is 9.36. The smallest absolute Gasteiger partial charge is 0.168 e. The second kappa shape index (κ2) is 4.51. The number of ether oxygens (including phenoxy) is 1. The summed E-state index contributed by atoms with van der Waals surface area (Å²) >= 11 is 0. The van der Waals surface area contributed by atoms with Crippen LogP contribution in [0.25, 0.3) is 0 Å². The third-order valence-electron chi connectivity index (χ3n) is 2.76. The lowest BCUT2D eigenvalue weighted by atomic mass is 10.2. The molecule has 3 heteroatoms. The number of nitrogens with one attached hydrogen (secondary N) is 1. The molecule has 1 fully saturated rings. The van der Waals surface area contributed by atoms with Gasteiger partial charge in [0.1, 0.15) is 0 Å². The lowest BCUT2D eigenvalue weighted by Gasteiger charge is -2.16. The second-order valence-electron chi connectivity index (χ2n) is 4.05. The van der Waals surface area contributed by atoms with E-state index in [0.29, 0.717) is 12.6 Å². The number of nitrogens with zero attached hydrogens (tertiary/aromatic N) is 1. The Bertz CT molecular complexity index is 323. The molecule has 2 rings (SSSR count). The first-order valence-electron chi connectivity index (χ1n) is 5.65. The van der Waals surface area contributed by atoms with Crippen LogP contribution in [-0.2, 0) is 0 Å². The Morgan fingerprint density at radius 2 is 2.40 bits per heavy atom. The molecule has 0 aliphatic heterocycles. The lowest BCUT2D eigenvalue weighted by Crippen LogP contribution is -2.18. The van der Waals surface area contributed by atoms with Crippen molar-refractivity contribution in [2.45, 2.75) is 32.7 Å². The minimum absolute atomic E-state index is 0.499. The predicted molar refractivity (Wildman–Crippen MR) is 61.2 cm³/mol. The van der Waals surface area contributed by atoms with Gasteiger partial charge < -0.3 is 10.1 Å². The Morgan fingerprint density at radius 1 is 1.60 bits per heavy atom. The lowest BCUT2D eigenvalue weighted by molar-refractivity contribution is 0.340. The summed E-state index contributed by atoms with van der Waals surface area (Å²) in [6, 6.07) is 4.36. The average molecular weight is 206 g/mol. The van der Waals surface area contributed by atoms with Gasteiger partial charge in [0.2, 0.25) is 0 Å². The topological polar surface area (TPSA) is 34.1 Å². The van der Waals surface area contributed by atoms with Crippen molar-refractivity contribution in [3.63, 3.8) is 0 Å². The monoisotopic (exact) mass is 206 g/mol. The molecule has 1 heterocycles. The van der Waals surface area contributed by atoms with Crippen LogP contribution in [-0.4, -0.2) is 17.6 Å². The van der Waals surface area contributed by atoms with E-state index in [2.05, 4.69) is 17.2 Å². The van der Waals surface area contributed by atoms with Crippen molar-refractivity contribution in [2.75, 3.05) is 11.9 Å². The van der Waals surface area contributed by atoms with E-state index in [0.717, 1.165) is 17.5 Å². The number of pyridine rings is 1. The molecule has 1 aliphatic rings. The molecule has 1 atom stereocenters. The van der Waals surface area contributed by atoms with Crippen LogP contribution < -0.4 is 10.1 Å². The minimum Gasteiger partial charge on any atom is -0.490 e. The summed E-state index contributed by atoms with van der Waals surface area (Å²) in [7, 11) is 0. The molecular formula is C12H18N2O. The molecule has 15 heavy (non-hydrogen) atoms. The van der Waals surface area contributed by atoms with Crippen LogP contribution in [0.1, 0.15) is 26.7 Å². The largest absolute Gasteiger partial charge is 0.490 e. The summed E-state index contributed by atoms with van der Waals surface area (Å²) in [6.45, 7) is 4.88. The Balaban J connectivity index is 2.04. The Labute approximate surface area is 90.9 Å². The van der Waals surface area contributed by atoms with Gasteiger partial charge in [0, 0.05) is 12.2 Å². The van der Waals surface area contributed by atoms with Gasteiger partial charge in [-0.25, -0.2) is 4.98 Å². The molecule has 1 aromatic rings. The first kappa shape index (κ1) is 10.3. The standard InChI is InChI=1S/C12H18N2O/c1-3-15-11-5-4-8-13-12(11)14-9(2)10-6-7-10/h4-5,8-10H,3,6-7H2,1-2H3,(H,13,14). The van der Waals surface area contributed by atoms with Crippen molar-refractivity contribution in [3.8, 4) is 5.75 Å². The molecule has 1 saturated carbocycles. The van der Waals surface area contributed by atoms with E-state index in [1.54, 1.807) is 6.20 Å². The van der Waals surface area contributed by atoms with Gasteiger partial charge in [-0.15, -0.1) is 0 Å². The molecule has 3 nitrogen and oxygen atoms in total. The highest BCUT2D eigenvalue weighted by molar-refractivity contribution is 5.50. The van der Waals surface area contributed by atoms with E-state index < -0.39 is 0 Å². The molecule has 1 N–H and O–H groups in total. The molecule has 1 unspecified atom stereocenters. The molecule has 1 aromatic heterocycles. The van der Waals surface area contributed by atoms with Crippen molar-refractivity contribution in [2.24, 2.45) is 5.92 Å². The SMILES string of the molecule is CCOc1cccnc1NC(C)C1CC1. The molecule has 0 bridgehead atoms. The van der Waals surface area contributed by atoms with Crippen LogP contribution >= 0.6 is 0 Å². The molecular weight excluding hydrogens is 188 g/mol. The highest BCUT2D eigenvalue weighted by atomic mass is 16.5. The predicted octanol–water partition coefficient (Wildman–Crippen LogP) is 2.69. The van der Waals surface area contributed by atoms with Crippen LogP contribution in [0.15, 0.2) is 18.3 Å².